The number of hydrogen-bond donors (Lipinski definition) is 1. The summed E-state index contributed by atoms with van der Waals surface area (Å²) in [5, 5.41) is 0. The summed E-state index contributed by atoms with van der Waals surface area (Å²) < 4.78 is 40.1. The molecule has 2 heterocycles. The minimum atomic E-state index is -3.83. The number of amides is 1. The summed E-state index contributed by atoms with van der Waals surface area (Å²) in [6, 6.07) is 12.1. The summed E-state index contributed by atoms with van der Waals surface area (Å²) in [6.07, 6.45) is 4.42. The third-order valence-electron chi connectivity index (χ3n) is 6.40. The number of rotatable bonds is 7. The Kier molecular flexibility index (Phi) is 7.07. The van der Waals surface area contributed by atoms with Crippen molar-refractivity contribution in [3.8, 4) is 0 Å². The molecule has 0 unspecified atom stereocenters. The van der Waals surface area contributed by atoms with Crippen LogP contribution in [0.3, 0.4) is 0 Å². The monoisotopic (exact) mass is 472 g/mol. The number of piperidine rings is 1. The number of likely N-dealkylation sites (tertiary alicyclic amines) is 1. The van der Waals surface area contributed by atoms with Gasteiger partial charge in [0.2, 0.25) is 0 Å². The second-order valence-corrected chi connectivity index (χ2v) is 10.5. The number of nitrogens with zero attached hydrogens (tertiary/aromatic N) is 1. The molecule has 0 bridgehead atoms. The molecule has 0 radical (unpaired) electrons. The Morgan fingerprint density at radius 2 is 1.73 bits per heavy atom. The van der Waals surface area contributed by atoms with Crippen molar-refractivity contribution in [2.45, 2.75) is 56.6 Å². The van der Waals surface area contributed by atoms with Gasteiger partial charge in [0.1, 0.15) is 0 Å². The van der Waals surface area contributed by atoms with Crippen molar-refractivity contribution in [1.29, 1.82) is 0 Å². The highest BCUT2D eigenvalue weighted by Gasteiger charge is 2.41. The number of hydrogen-bond acceptors (Lipinski definition) is 5. The van der Waals surface area contributed by atoms with Crippen molar-refractivity contribution in [1.82, 2.24) is 4.90 Å². The van der Waals surface area contributed by atoms with Crippen LogP contribution in [0.1, 0.15) is 54.1 Å². The number of benzene rings is 2. The van der Waals surface area contributed by atoms with Gasteiger partial charge < -0.3 is 14.4 Å². The van der Waals surface area contributed by atoms with Crippen LogP contribution in [0.25, 0.3) is 0 Å². The lowest BCUT2D eigenvalue weighted by Gasteiger charge is -2.37. The summed E-state index contributed by atoms with van der Waals surface area (Å²) in [5.74, 6) is -0.731. The van der Waals surface area contributed by atoms with Crippen molar-refractivity contribution >= 4 is 21.6 Å². The van der Waals surface area contributed by atoms with Crippen LogP contribution in [0.4, 0.5) is 5.69 Å². The number of anilines is 1. The largest absolute Gasteiger partial charge is 0.347 e. The lowest BCUT2D eigenvalue weighted by Crippen LogP contribution is -2.47. The fourth-order valence-corrected chi connectivity index (χ4v) is 5.42. The molecule has 33 heavy (non-hydrogen) atoms. The fraction of sp³-hybridized carbons (Fsp3) is 0.480. The first-order valence-electron chi connectivity index (χ1n) is 11.6. The molecule has 0 saturated carbocycles. The molecule has 0 aromatic heterocycles. The molecule has 2 aromatic rings. The van der Waals surface area contributed by atoms with E-state index in [4.69, 9.17) is 9.47 Å². The Morgan fingerprint density at radius 3 is 2.36 bits per heavy atom. The van der Waals surface area contributed by atoms with E-state index < -0.39 is 15.8 Å². The standard InChI is InChI=1S/C25H32N2O5S/c1-3-4-5-20-7-9-21(10-8-20)26-33(29,30)22-11-6-19(2)23(18-22)24(28)27-14-12-25(13-15-27)31-16-17-32-25/h6-11,18,26H,3-5,12-17H2,1-2H3. The molecule has 4 rings (SSSR count). The van der Waals surface area contributed by atoms with Crippen LogP contribution >= 0.6 is 0 Å². The molecule has 0 aliphatic carbocycles. The van der Waals surface area contributed by atoms with Gasteiger partial charge in [0.25, 0.3) is 15.9 Å². The molecule has 178 valence electrons. The number of ether oxygens (including phenoxy) is 2. The SMILES string of the molecule is CCCCc1ccc(NS(=O)(=O)c2ccc(C)c(C(=O)N3CCC4(CC3)OCCO4)c2)cc1. The van der Waals surface area contributed by atoms with E-state index in [9.17, 15) is 13.2 Å². The first kappa shape index (κ1) is 23.7. The molecule has 7 nitrogen and oxygen atoms in total. The molecule has 1 amide bonds. The minimum Gasteiger partial charge on any atom is -0.347 e. The van der Waals surface area contributed by atoms with Gasteiger partial charge in [0.05, 0.1) is 18.1 Å². The van der Waals surface area contributed by atoms with Crippen LogP contribution in [0.15, 0.2) is 47.4 Å². The second-order valence-electron chi connectivity index (χ2n) is 8.78. The molecule has 8 heteroatoms. The maximum Gasteiger partial charge on any atom is 0.261 e. The third kappa shape index (κ3) is 5.39. The Labute approximate surface area is 196 Å². The van der Waals surface area contributed by atoms with Crippen LogP contribution in [-0.2, 0) is 25.9 Å². The van der Waals surface area contributed by atoms with Gasteiger partial charge in [-0.05, 0) is 55.2 Å². The topological polar surface area (TPSA) is 84.9 Å². The predicted octanol–water partition coefficient (Wildman–Crippen LogP) is 4.12. The van der Waals surface area contributed by atoms with Gasteiger partial charge in [-0.1, -0.05) is 31.5 Å². The fourth-order valence-electron chi connectivity index (χ4n) is 4.34. The zero-order valence-electron chi connectivity index (χ0n) is 19.3. The molecule has 2 saturated heterocycles. The van der Waals surface area contributed by atoms with Gasteiger partial charge in [0.15, 0.2) is 5.79 Å². The highest BCUT2D eigenvalue weighted by Crippen LogP contribution is 2.32. The summed E-state index contributed by atoms with van der Waals surface area (Å²) in [4.78, 5) is 15.0. The molecule has 1 N–H and O–H groups in total. The van der Waals surface area contributed by atoms with Gasteiger partial charge in [-0.25, -0.2) is 8.42 Å². The van der Waals surface area contributed by atoms with Crippen molar-refractivity contribution in [2.24, 2.45) is 0 Å². The van der Waals surface area contributed by atoms with E-state index in [1.165, 1.54) is 17.7 Å². The lowest BCUT2D eigenvalue weighted by atomic mass is 10.0. The molecule has 2 fully saturated rings. The minimum absolute atomic E-state index is 0.0717. The van der Waals surface area contributed by atoms with E-state index in [2.05, 4.69) is 11.6 Å². The molecule has 2 aliphatic rings. The molecule has 2 aliphatic heterocycles. The number of sulfonamides is 1. The average Bonchev–Trinajstić information content (AvgIpc) is 3.26. The molecule has 2 aromatic carbocycles. The number of carbonyl (C=O) groups excluding carboxylic acids is 1. The van der Waals surface area contributed by atoms with Crippen molar-refractivity contribution in [3.05, 3.63) is 59.2 Å². The van der Waals surface area contributed by atoms with Gasteiger partial charge in [-0.3, -0.25) is 9.52 Å². The summed E-state index contributed by atoms with van der Waals surface area (Å²) >= 11 is 0. The highest BCUT2D eigenvalue weighted by molar-refractivity contribution is 7.92. The van der Waals surface area contributed by atoms with E-state index in [0.29, 0.717) is 50.4 Å². The zero-order valence-corrected chi connectivity index (χ0v) is 20.1. The maximum atomic E-state index is 13.2. The van der Waals surface area contributed by atoms with Crippen molar-refractivity contribution in [2.75, 3.05) is 31.0 Å². The first-order valence-corrected chi connectivity index (χ1v) is 13.1. The number of carbonyl (C=O) groups is 1. The number of aryl methyl sites for hydroxylation is 2. The zero-order chi connectivity index (χ0) is 23.5. The van der Waals surface area contributed by atoms with Gasteiger partial charge in [0, 0.05) is 37.2 Å². The van der Waals surface area contributed by atoms with E-state index in [0.717, 1.165) is 24.8 Å². The van der Waals surface area contributed by atoms with E-state index >= 15 is 0 Å². The van der Waals surface area contributed by atoms with Crippen molar-refractivity contribution in [3.63, 3.8) is 0 Å². The maximum absolute atomic E-state index is 13.2. The average molecular weight is 473 g/mol. The van der Waals surface area contributed by atoms with Crippen molar-refractivity contribution < 1.29 is 22.7 Å². The molecular formula is C25H32N2O5S. The van der Waals surface area contributed by atoms with Crippen LogP contribution in [0.5, 0.6) is 0 Å². The quantitative estimate of drug-likeness (QED) is 0.655. The molecule has 0 atom stereocenters. The predicted molar refractivity (Wildman–Crippen MR) is 127 cm³/mol. The number of unbranched alkanes of at least 4 members (excludes halogenated alkanes) is 1. The van der Waals surface area contributed by atoms with E-state index in [1.54, 1.807) is 23.1 Å². The second kappa shape index (κ2) is 9.83. The number of nitrogens with one attached hydrogen (secondary N) is 1. The molecular weight excluding hydrogens is 440 g/mol. The van der Waals surface area contributed by atoms with E-state index in [-0.39, 0.29) is 10.8 Å². The van der Waals surface area contributed by atoms with Crippen LogP contribution in [-0.4, -0.2) is 51.3 Å². The Hall–Kier alpha value is -2.42. The molecule has 1 spiro atoms. The van der Waals surface area contributed by atoms with E-state index in [1.807, 2.05) is 19.1 Å². The highest BCUT2D eigenvalue weighted by atomic mass is 32.2. The Morgan fingerprint density at radius 1 is 1.06 bits per heavy atom. The van der Waals surface area contributed by atoms with Crippen LogP contribution in [0, 0.1) is 6.92 Å². The van der Waals surface area contributed by atoms with Crippen LogP contribution < -0.4 is 4.72 Å². The lowest BCUT2D eigenvalue weighted by molar-refractivity contribution is -0.181. The smallest absolute Gasteiger partial charge is 0.261 e. The first-order chi connectivity index (χ1) is 15.8. The third-order valence-corrected chi connectivity index (χ3v) is 7.78. The summed E-state index contributed by atoms with van der Waals surface area (Å²) in [5.41, 5.74) is 2.83. The van der Waals surface area contributed by atoms with Crippen LogP contribution in [0.2, 0.25) is 0 Å². The summed E-state index contributed by atoms with van der Waals surface area (Å²) in [7, 11) is -3.83. The normalized spacial score (nSPS) is 17.9. The summed E-state index contributed by atoms with van der Waals surface area (Å²) in [6.45, 7) is 6.16. The Bertz CT molecular complexity index is 1080. The van der Waals surface area contributed by atoms with Gasteiger partial charge in [-0.15, -0.1) is 0 Å². The Balaban J connectivity index is 1.47. The van der Waals surface area contributed by atoms with Gasteiger partial charge in [-0.2, -0.15) is 0 Å². The van der Waals surface area contributed by atoms with Gasteiger partial charge >= 0.3 is 0 Å².